The van der Waals surface area contributed by atoms with Gasteiger partial charge in [0.2, 0.25) is 0 Å². The van der Waals surface area contributed by atoms with Crippen molar-refractivity contribution in [2.24, 2.45) is 0 Å². The summed E-state index contributed by atoms with van der Waals surface area (Å²) in [6, 6.07) is 5.33. The summed E-state index contributed by atoms with van der Waals surface area (Å²) in [5, 5.41) is 0. The van der Waals surface area contributed by atoms with Crippen LogP contribution in [-0.4, -0.2) is 90.4 Å². The molecule has 2 aromatic heterocycles. The first kappa shape index (κ1) is 19.4. The van der Waals surface area contributed by atoms with Crippen LogP contribution in [0.25, 0.3) is 0 Å². The molecule has 2 fully saturated rings. The molecule has 0 aromatic carbocycles. The topological polar surface area (TPSA) is 73.1 Å². The monoisotopic (exact) mass is 397 g/mol. The molecular formula is C21H27N5O3. The van der Waals surface area contributed by atoms with Crippen molar-refractivity contribution < 1.29 is 14.0 Å². The standard InChI is InChI=1S/C21H27N5O3/c1-2-23-5-7-25(8-6-23)20(27)17-14-18(16-22-15-17)24-9-11-26(12-10-24)21(28)19-4-3-13-29-19/h3-4,13-16H,2,5-12H2,1H3. The molecule has 29 heavy (non-hydrogen) atoms. The lowest BCUT2D eigenvalue weighted by atomic mass is 10.2. The van der Waals surface area contributed by atoms with E-state index < -0.39 is 0 Å². The van der Waals surface area contributed by atoms with Gasteiger partial charge in [0.05, 0.1) is 23.7 Å². The molecule has 0 N–H and O–H groups in total. The molecule has 0 unspecified atom stereocenters. The number of piperazine rings is 2. The van der Waals surface area contributed by atoms with Crippen LogP contribution in [0.2, 0.25) is 0 Å². The third-order valence-electron chi connectivity index (χ3n) is 5.74. The zero-order valence-corrected chi connectivity index (χ0v) is 16.8. The number of hydrogen-bond donors (Lipinski definition) is 0. The molecule has 2 aliphatic rings. The van der Waals surface area contributed by atoms with Gasteiger partial charge in [-0.3, -0.25) is 14.6 Å². The molecule has 4 heterocycles. The highest BCUT2D eigenvalue weighted by Crippen LogP contribution is 2.19. The molecule has 0 aliphatic carbocycles. The zero-order chi connectivity index (χ0) is 20.2. The fourth-order valence-corrected chi connectivity index (χ4v) is 3.89. The first-order valence-electron chi connectivity index (χ1n) is 10.2. The Labute approximate surface area is 170 Å². The molecule has 0 spiro atoms. The van der Waals surface area contributed by atoms with E-state index in [0.717, 1.165) is 38.4 Å². The number of hydrogen-bond acceptors (Lipinski definition) is 6. The van der Waals surface area contributed by atoms with E-state index in [-0.39, 0.29) is 11.8 Å². The molecular weight excluding hydrogens is 370 g/mol. The SMILES string of the molecule is CCN1CCN(C(=O)c2cncc(N3CCN(C(=O)c4ccco4)CC3)c2)CC1. The van der Waals surface area contributed by atoms with Crippen LogP contribution in [0.1, 0.15) is 27.8 Å². The van der Waals surface area contributed by atoms with Crippen molar-refractivity contribution in [3.63, 3.8) is 0 Å². The van der Waals surface area contributed by atoms with Gasteiger partial charge in [-0.1, -0.05) is 6.92 Å². The average molecular weight is 397 g/mol. The van der Waals surface area contributed by atoms with Gasteiger partial charge in [-0.15, -0.1) is 0 Å². The van der Waals surface area contributed by atoms with Gasteiger partial charge in [0.1, 0.15) is 0 Å². The summed E-state index contributed by atoms with van der Waals surface area (Å²) in [6.45, 7) is 9.12. The number of furan rings is 1. The second kappa shape index (κ2) is 8.65. The molecule has 4 rings (SSSR count). The number of likely N-dealkylation sites (N-methyl/N-ethyl adjacent to an activating group) is 1. The van der Waals surface area contributed by atoms with Crippen molar-refractivity contribution in [3.05, 3.63) is 48.2 Å². The predicted molar refractivity (Wildman–Crippen MR) is 109 cm³/mol. The van der Waals surface area contributed by atoms with Gasteiger partial charge < -0.3 is 24.0 Å². The van der Waals surface area contributed by atoms with Crippen molar-refractivity contribution in [3.8, 4) is 0 Å². The molecule has 0 atom stereocenters. The molecule has 0 bridgehead atoms. The van der Waals surface area contributed by atoms with Gasteiger partial charge in [0.15, 0.2) is 5.76 Å². The minimum Gasteiger partial charge on any atom is -0.459 e. The van der Waals surface area contributed by atoms with Gasteiger partial charge >= 0.3 is 0 Å². The van der Waals surface area contributed by atoms with E-state index in [4.69, 9.17) is 4.42 Å². The second-order valence-corrected chi connectivity index (χ2v) is 7.41. The number of carbonyl (C=O) groups excluding carboxylic acids is 2. The van der Waals surface area contributed by atoms with Crippen LogP contribution in [0.5, 0.6) is 0 Å². The lowest BCUT2D eigenvalue weighted by molar-refractivity contribution is 0.0642. The molecule has 8 nitrogen and oxygen atoms in total. The molecule has 2 aliphatic heterocycles. The Balaban J connectivity index is 1.37. The van der Waals surface area contributed by atoms with E-state index >= 15 is 0 Å². The molecule has 2 saturated heterocycles. The number of pyridine rings is 1. The Kier molecular flexibility index (Phi) is 5.80. The van der Waals surface area contributed by atoms with Crippen LogP contribution >= 0.6 is 0 Å². The Hall–Kier alpha value is -2.87. The number of carbonyl (C=O) groups is 2. The van der Waals surface area contributed by atoms with Crippen molar-refractivity contribution in [2.45, 2.75) is 6.92 Å². The third-order valence-corrected chi connectivity index (χ3v) is 5.74. The van der Waals surface area contributed by atoms with Gasteiger partial charge in [0.25, 0.3) is 11.8 Å². The quantitative estimate of drug-likeness (QED) is 0.777. The summed E-state index contributed by atoms with van der Waals surface area (Å²) >= 11 is 0. The summed E-state index contributed by atoms with van der Waals surface area (Å²) in [7, 11) is 0. The third kappa shape index (κ3) is 4.27. The Bertz CT molecular complexity index is 838. The maximum atomic E-state index is 12.9. The van der Waals surface area contributed by atoms with E-state index in [1.54, 1.807) is 29.4 Å². The number of aromatic nitrogens is 1. The number of nitrogens with zero attached hydrogens (tertiary/aromatic N) is 5. The molecule has 2 amide bonds. The van der Waals surface area contributed by atoms with Crippen molar-refractivity contribution in [1.82, 2.24) is 19.7 Å². The maximum absolute atomic E-state index is 12.9. The van der Waals surface area contributed by atoms with Crippen LogP contribution in [0.4, 0.5) is 5.69 Å². The van der Waals surface area contributed by atoms with Crippen LogP contribution in [-0.2, 0) is 0 Å². The van der Waals surface area contributed by atoms with E-state index in [1.165, 1.54) is 6.26 Å². The van der Waals surface area contributed by atoms with Gasteiger partial charge in [0, 0.05) is 58.6 Å². The highest BCUT2D eigenvalue weighted by atomic mass is 16.3. The Morgan fingerprint density at radius 3 is 2.31 bits per heavy atom. The minimum absolute atomic E-state index is 0.0433. The molecule has 2 aromatic rings. The average Bonchev–Trinajstić information content (AvgIpc) is 3.33. The maximum Gasteiger partial charge on any atom is 0.289 e. The van der Waals surface area contributed by atoms with Crippen molar-refractivity contribution in [2.75, 3.05) is 63.8 Å². The summed E-state index contributed by atoms with van der Waals surface area (Å²) in [5.74, 6) is 0.334. The second-order valence-electron chi connectivity index (χ2n) is 7.41. The number of rotatable bonds is 4. The number of amides is 2. The highest BCUT2D eigenvalue weighted by molar-refractivity contribution is 5.95. The largest absolute Gasteiger partial charge is 0.459 e. The Morgan fingerprint density at radius 1 is 0.966 bits per heavy atom. The first-order chi connectivity index (χ1) is 14.2. The molecule has 0 saturated carbocycles. The summed E-state index contributed by atoms with van der Waals surface area (Å²) in [4.78, 5) is 37.8. The van der Waals surface area contributed by atoms with Crippen LogP contribution in [0.3, 0.4) is 0 Å². The minimum atomic E-state index is -0.0806. The first-order valence-corrected chi connectivity index (χ1v) is 10.2. The van der Waals surface area contributed by atoms with E-state index in [2.05, 4.69) is 21.7 Å². The normalized spacial score (nSPS) is 18.2. The summed E-state index contributed by atoms with van der Waals surface area (Å²) in [5.41, 5.74) is 1.55. The fourth-order valence-electron chi connectivity index (χ4n) is 3.89. The number of anilines is 1. The highest BCUT2D eigenvalue weighted by Gasteiger charge is 2.25. The van der Waals surface area contributed by atoms with Crippen molar-refractivity contribution in [1.29, 1.82) is 0 Å². The van der Waals surface area contributed by atoms with Gasteiger partial charge in [-0.05, 0) is 24.7 Å². The van der Waals surface area contributed by atoms with Crippen LogP contribution < -0.4 is 4.90 Å². The summed E-state index contributed by atoms with van der Waals surface area (Å²) < 4.78 is 5.21. The van der Waals surface area contributed by atoms with Crippen LogP contribution in [0, 0.1) is 0 Å². The van der Waals surface area contributed by atoms with E-state index in [1.807, 2.05) is 11.0 Å². The summed E-state index contributed by atoms with van der Waals surface area (Å²) in [6.07, 6.45) is 4.95. The predicted octanol–water partition coefficient (Wildman–Crippen LogP) is 1.41. The molecule has 0 radical (unpaired) electrons. The lowest BCUT2D eigenvalue weighted by Gasteiger charge is -2.36. The smallest absolute Gasteiger partial charge is 0.289 e. The Morgan fingerprint density at radius 2 is 1.66 bits per heavy atom. The van der Waals surface area contributed by atoms with Crippen molar-refractivity contribution >= 4 is 17.5 Å². The van der Waals surface area contributed by atoms with Gasteiger partial charge in [-0.2, -0.15) is 0 Å². The zero-order valence-electron chi connectivity index (χ0n) is 16.8. The lowest BCUT2D eigenvalue weighted by Crippen LogP contribution is -2.49. The van der Waals surface area contributed by atoms with E-state index in [0.29, 0.717) is 37.5 Å². The molecule has 154 valence electrons. The van der Waals surface area contributed by atoms with Crippen LogP contribution in [0.15, 0.2) is 41.3 Å². The van der Waals surface area contributed by atoms with Gasteiger partial charge in [-0.25, -0.2) is 0 Å². The molecule has 8 heteroatoms. The fraction of sp³-hybridized carbons (Fsp3) is 0.476. The van der Waals surface area contributed by atoms with E-state index in [9.17, 15) is 9.59 Å².